The third kappa shape index (κ3) is 3.65. The Labute approximate surface area is 91.9 Å². The van der Waals surface area contributed by atoms with Gasteiger partial charge in [-0.3, -0.25) is 0 Å². The number of aryl methyl sites for hydroxylation is 2. The Kier molecular flexibility index (Phi) is 4.30. The summed E-state index contributed by atoms with van der Waals surface area (Å²) in [6.07, 6.45) is 0.290. The second kappa shape index (κ2) is 5.29. The summed E-state index contributed by atoms with van der Waals surface area (Å²) in [7, 11) is 1.67. The second-order valence-corrected chi connectivity index (χ2v) is 4.22. The number of hydrogen-bond acceptors (Lipinski definition) is 2. The molecule has 0 saturated heterocycles. The lowest BCUT2D eigenvalue weighted by Crippen LogP contribution is -2.11. The van der Waals surface area contributed by atoms with Crippen LogP contribution >= 0.6 is 0 Å². The van der Waals surface area contributed by atoms with E-state index >= 15 is 0 Å². The number of aliphatic hydroxyl groups excluding tert-OH is 1. The first kappa shape index (κ1) is 12.2. The highest BCUT2D eigenvalue weighted by atomic mass is 16.5. The SMILES string of the molecule is COC(C)CC(O)c1cc(C)cc(C)c1. The van der Waals surface area contributed by atoms with Gasteiger partial charge in [0.05, 0.1) is 12.2 Å². The zero-order valence-corrected chi connectivity index (χ0v) is 9.95. The van der Waals surface area contributed by atoms with Crippen LogP contribution in [0, 0.1) is 13.8 Å². The summed E-state index contributed by atoms with van der Waals surface area (Å²) in [5, 5.41) is 9.99. The Morgan fingerprint density at radius 2 is 1.73 bits per heavy atom. The molecule has 2 atom stereocenters. The van der Waals surface area contributed by atoms with Crippen LogP contribution in [0.15, 0.2) is 18.2 Å². The van der Waals surface area contributed by atoms with E-state index in [1.165, 1.54) is 11.1 Å². The van der Waals surface area contributed by atoms with Crippen molar-refractivity contribution in [2.75, 3.05) is 7.11 Å². The van der Waals surface area contributed by atoms with E-state index in [9.17, 15) is 5.11 Å². The van der Waals surface area contributed by atoms with E-state index < -0.39 is 6.10 Å². The molecule has 0 heterocycles. The molecular formula is C13H20O2. The molecule has 0 aromatic heterocycles. The quantitative estimate of drug-likeness (QED) is 0.824. The normalized spacial score (nSPS) is 15.0. The highest BCUT2D eigenvalue weighted by molar-refractivity contribution is 5.29. The van der Waals surface area contributed by atoms with Crippen LogP contribution in [-0.4, -0.2) is 18.3 Å². The summed E-state index contributed by atoms with van der Waals surface area (Å²) in [6.45, 7) is 6.05. The van der Waals surface area contributed by atoms with E-state index in [2.05, 4.69) is 6.07 Å². The van der Waals surface area contributed by atoms with Gasteiger partial charge in [0.25, 0.3) is 0 Å². The lowest BCUT2D eigenvalue weighted by Gasteiger charge is -2.16. The molecule has 0 bridgehead atoms. The van der Waals surface area contributed by atoms with Gasteiger partial charge in [0, 0.05) is 13.5 Å². The van der Waals surface area contributed by atoms with E-state index in [-0.39, 0.29) is 6.10 Å². The minimum Gasteiger partial charge on any atom is -0.388 e. The van der Waals surface area contributed by atoms with Crippen LogP contribution in [0.2, 0.25) is 0 Å². The minimum absolute atomic E-state index is 0.0841. The Balaban J connectivity index is 2.77. The molecule has 0 amide bonds. The molecule has 0 radical (unpaired) electrons. The zero-order valence-electron chi connectivity index (χ0n) is 9.95. The summed E-state index contributed by atoms with van der Waals surface area (Å²) < 4.78 is 5.14. The fourth-order valence-corrected chi connectivity index (χ4v) is 1.75. The molecule has 0 aliphatic rings. The summed E-state index contributed by atoms with van der Waals surface area (Å²) in [4.78, 5) is 0. The summed E-state index contributed by atoms with van der Waals surface area (Å²) in [6, 6.07) is 6.16. The van der Waals surface area contributed by atoms with Crippen LogP contribution in [-0.2, 0) is 4.74 Å². The number of ether oxygens (including phenoxy) is 1. The van der Waals surface area contributed by atoms with Gasteiger partial charge in [-0.25, -0.2) is 0 Å². The number of methoxy groups -OCH3 is 1. The smallest absolute Gasteiger partial charge is 0.0814 e. The van der Waals surface area contributed by atoms with Gasteiger partial charge in [-0.05, 0) is 26.3 Å². The molecule has 0 saturated carbocycles. The van der Waals surface area contributed by atoms with Crippen LogP contribution in [0.3, 0.4) is 0 Å². The van der Waals surface area contributed by atoms with Gasteiger partial charge in [-0.1, -0.05) is 29.3 Å². The molecule has 2 unspecified atom stereocenters. The molecule has 0 aliphatic carbocycles. The molecule has 15 heavy (non-hydrogen) atoms. The van der Waals surface area contributed by atoms with Crippen molar-refractivity contribution in [3.05, 3.63) is 34.9 Å². The van der Waals surface area contributed by atoms with Crippen molar-refractivity contribution in [3.8, 4) is 0 Å². The molecule has 2 heteroatoms. The summed E-state index contributed by atoms with van der Waals surface area (Å²) >= 11 is 0. The van der Waals surface area contributed by atoms with Crippen LogP contribution in [0.4, 0.5) is 0 Å². The van der Waals surface area contributed by atoms with E-state index in [1.54, 1.807) is 7.11 Å². The fraction of sp³-hybridized carbons (Fsp3) is 0.538. The number of rotatable bonds is 4. The highest BCUT2D eigenvalue weighted by Crippen LogP contribution is 2.21. The Morgan fingerprint density at radius 1 is 1.20 bits per heavy atom. The van der Waals surface area contributed by atoms with Gasteiger partial charge >= 0.3 is 0 Å². The third-order valence-corrected chi connectivity index (χ3v) is 2.59. The Hall–Kier alpha value is -0.860. The van der Waals surface area contributed by atoms with Gasteiger partial charge in [0.2, 0.25) is 0 Å². The fourth-order valence-electron chi connectivity index (χ4n) is 1.75. The molecule has 84 valence electrons. The van der Waals surface area contributed by atoms with E-state index in [4.69, 9.17) is 4.74 Å². The standard InChI is InChI=1S/C13H20O2/c1-9-5-10(2)7-12(6-9)13(14)8-11(3)15-4/h5-7,11,13-14H,8H2,1-4H3. The molecule has 0 aliphatic heterocycles. The van der Waals surface area contributed by atoms with Gasteiger partial charge in [0.1, 0.15) is 0 Å². The average molecular weight is 208 g/mol. The van der Waals surface area contributed by atoms with E-state index in [0.717, 1.165) is 5.56 Å². The molecule has 1 aromatic carbocycles. The first-order valence-corrected chi connectivity index (χ1v) is 5.32. The molecular weight excluding hydrogens is 188 g/mol. The molecule has 1 aromatic rings. The molecule has 1 rings (SSSR count). The van der Waals surface area contributed by atoms with Crippen LogP contribution < -0.4 is 0 Å². The van der Waals surface area contributed by atoms with Crippen LogP contribution in [0.25, 0.3) is 0 Å². The molecule has 1 N–H and O–H groups in total. The first-order chi connectivity index (χ1) is 7.02. The van der Waals surface area contributed by atoms with E-state index in [1.807, 2.05) is 32.9 Å². The van der Waals surface area contributed by atoms with Crippen molar-refractivity contribution in [2.24, 2.45) is 0 Å². The van der Waals surface area contributed by atoms with Crippen molar-refractivity contribution in [3.63, 3.8) is 0 Å². The summed E-state index contributed by atoms with van der Waals surface area (Å²) in [5.74, 6) is 0. The second-order valence-electron chi connectivity index (χ2n) is 4.22. The maximum Gasteiger partial charge on any atom is 0.0814 e. The minimum atomic E-state index is -0.432. The molecule has 0 fully saturated rings. The third-order valence-electron chi connectivity index (χ3n) is 2.59. The highest BCUT2D eigenvalue weighted by Gasteiger charge is 2.12. The molecule has 2 nitrogen and oxygen atoms in total. The van der Waals surface area contributed by atoms with Crippen molar-refractivity contribution >= 4 is 0 Å². The van der Waals surface area contributed by atoms with Crippen molar-refractivity contribution < 1.29 is 9.84 Å². The Bertz CT molecular complexity index is 300. The van der Waals surface area contributed by atoms with Crippen molar-refractivity contribution in [1.82, 2.24) is 0 Å². The first-order valence-electron chi connectivity index (χ1n) is 5.32. The maximum absolute atomic E-state index is 9.99. The summed E-state index contributed by atoms with van der Waals surface area (Å²) in [5.41, 5.74) is 3.36. The van der Waals surface area contributed by atoms with Crippen molar-refractivity contribution in [1.29, 1.82) is 0 Å². The van der Waals surface area contributed by atoms with Gasteiger partial charge in [0.15, 0.2) is 0 Å². The number of hydrogen-bond donors (Lipinski definition) is 1. The van der Waals surface area contributed by atoms with Crippen LogP contribution in [0.5, 0.6) is 0 Å². The average Bonchev–Trinajstić information content (AvgIpc) is 2.16. The lowest BCUT2D eigenvalue weighted by molar-refractivity contribution is 0.0559. The van der Waals surface area contributed by atoms with Gasteiger partial charge in [-0.2, -0.15) is 0 Å². The Morgan fingerprint density at radius 3 is 2.20 bits per heavy atom. The zero-order chi connectivity index (χ0) is 11.4. The maximum atomic E-state index is 9.99. The van der Waals surface area contributed by atoms with Crippen LogP contribution in [0.1, 0.15) is 36.1 Å². The lowest BCUT2D eigenvalue weighted by atomic mass is 10.00. The monoisotopic (exact) mass is 208 g/mol. The predicted molar refractivity (Wildman–Crippen MR) is 62.0 cm³/mol. The molecule has 0 spiro atoms. The largest absolute Gasteiger partial charge is 0.388 e. The topological polar surface area (TPSA) is 29.5 Å². The predicted octanol–water partition coefficient (Wildman–Crippen LogP) is 2.76. The van der Waals surface area contributed by atoms with Gasteiger partial charge < -0.3 is 9.84 Å². The van der Waals surface area contributed by atoms with E-state index in [0.29, 0.717) is 6.42 Å². The van der Waals surface area contributed by atoms with Gasteiger partial charge in [-0.15, -0.1) is 0 Å². The van der Waals surface area contributed by atoms with Crippen molar-refractivity contribution in [2.45, 2.75) is 39.4 Å². The number of benzene rings is 1. The number of aliphatic hydroxyl groups is 1.